The molecule has 0 aromatic carbocycles. The van der Waals surface area contributed by atoms with Crippen molar-refractivity contribution in [1.29, 1.82) is 0 Å². The largest absolute Gasteiger partial charge is 0.327 e. The molecule has 2 N–H and O–H groups in total. The van der Waals surface area contributed by atoms with E-state index in [0.29, 0.717) is 11.1 Å². The molecule has 1 aliphatic rings. The van der Waals surface area contributed by atoms with E-state index in [2.05, 4.69) is 18.8 Å². The van der Waals surface area contributed by atoms with E-state index in [1.54, 1.807) is 6.07 Å². The molecule has 0 unspecified atom stereocenters. The summed E-state index contributed by atoms with van der Waals surface area (Å²) in [7, 11) is 0. The fourth-order valence-corrected chi connectivity index (χ4v) is 2.01. The minimum Gasteiger partial charge on any atom is -0.327 e. The van der Waals surface area contributed by atoms with Crippen LogP contribution in [0.1, 0.15) is 25.5 Å². The molecule has 1 aromatic rings. The maximum Gasteiger partial charge on any atom is 0.129 e. The smallest absolute Gasteiger partial charge is 0.129 e. The van der Waals surface area contributed by atoms with E-state index in [1.807, 2.05) is 12.1 Å². The lowest BCUT2D eigenvalue weighted by Crippen LogP contribution is -2.06. The number of hydrogen-bond acceptors (Lipinski definition) is 2. The molecular weight excluding hydrogens is 184 g/mol. The summed E-state index contributed by atoms with van der Waals surface area (Å²) in [6.07, 6.45) is 0. The lowest BCUT2D eigenvalue weighted by atomic mass is 10.1. The van der Waals surface area contributed by atoms with Gasteiger partial charge in [0, 0.05) is 17.7 Å². The van der Waals surface area contributed by atoms with Crippen molar-refractivity contribution in [3.05, 3.63) is 29.0 Å². The molecule has 13 heavy (non-hydrogen) atoms. The van der Waals surface area contributed by atoms with Crippen molar-refractivity contribution in [2.75, 3.05) is 0 Å². The van der Waals surface area contributed by atoms with Crippen LogP contribution in [0.25, 0.3) is 0 Å². The third-order valence-electron chi connectivity index (χ3n) is 2.97. The Morgan fingerprint density at radius 3 is 2.54 bits per heavy atom. The van der Waals surface area contributed by atoms with Gasteiger partial charge in [0.05, 0.1) is 0 Å². The second kappa shape index (κ2) is 2.69. The molecule has 2 atom stereocenters. The minimum absolute atomic E-state index is 0.178. The zero-order valence-corrected chi connectivity index (χ0v) is 8.55. The van der Waals surface area contributed by atoms with Gasteiger partial charge in [-0.1, -0.05) is 31.5 Å². The molecule has 0 amide bonds. The van der Waals surface area contributed by atoms with E-state index in [0.717, 1.165) is 5.69 Å². The number of aromatic nitrogens is 1. The average Bonchev–Trinajstić information content (AvgIpc) is 2.51. The van der Waals surface area contributed by atoms with E-state index in [-0.39, 0.29) is 11.5 Å². The Balaban J connectivity index is 2.29. The van der Waals surface area contributed by atoms with Gasteiger partial charge in [-0.15, -0.1) is 0 Å². The van der Waals surface area contributed by atoms with Crippen LogP contribution < -0.4 is 5.73 Å². The first kappa shape index (κ1) is 8.97. The van der Waals surface area contributed by atoms with Crippen LogP contribution in [0.15, 0.2) is 18.2 Å². The number of halogens is 1. The predicted molar refractivity (Wildman–Crippen MR) is 53.7 cm³/mol. The topological polar surface area (TPSA) is 38.9 Å². The summed E-state index contributed by atoms with van der Waals surface area (Å²) in [5.74, 6) is 0.367. The number of nitrogens with zero attached hydrogens (tertiary/aromatic N) is 1. The SMILES string of the molecule is CC1(C)[C@H](N)[C@H]1c1cccc(Cl)n1. The first-order valence-corrected chi connectivity index (χ1v) is 4.79. The Kier molecular flexibility index (Phi) is 1.86. The molecule has 0 bridgehead atoms. The third-order valence-corrected chi connectivity index (χ3v) is 3.18. The highest BCUT2D eigenvalue weighted by atomic mass is 35.5. The summed E-state index contributed by atoms with van der Waals surface area (Å²) >= 11 is 5.81. The molecule has 2 rings (SSSR count). The van der Waals surface area contributed by atoms with Crippen molar-refractivity contribution < 1.29 is 0 Å². The Hall–Kier alpha value is -0.600. The highest BCUT2D eigenvalue weighted by Crippen LogP contribution is 2.56. The van der Waals surface area contributed by atoms with Crippen molar-refractivity contribution in [1.82, 2.24) is 4.98 Å². The summed E-state index contributed by atoms with van der Waals surface area (Å²) in [5, 5.41) is 0.549. The molecule has 0 saturated heterocycles. The van der Waals surface area contributed by atoms with Gasteiger partial charge in [0.2, 0.25) is 0 Å². The molecule has 1 saturated carbocycles. The molecule has 1 heterocycles. The zero-order valence-electron chi connectivity index (χ0n) is 7.79. The second-order valence-corrected chi connectivity index (χ2v) is 4.60. The van der Waals surface area contributed by atoms with Gasteiger partial charge < -0.3 is 5.73 Å². The molecule has 2 nitrogen and oxygen atoms in total. The summed E-state index contributed by atoms with van der Waals surface area (Å²) < 4.78 is 0. The van der Waals surface area contributed by atoms with Crippen LogP contribution in [-0.4, -0.2) is 11.0 Å². The number of nitrogens with two attached hydrogens (primary N) is 1. The van der Waals surface area contributed by atoms with Gasteiger partial charge in [0.15, 0.2) is 0 Å². The van der Waals surface area contributed by atoms with Gasteiger partial charge in [0.25, 0.3) is 0 Å². The summed E-state index contributed by atoms with van der Waals surface area (Å²) in [6.45, 7) is 4.32. The van der Waals surface area contributed by atoms with Gasteiger partial charge >= 0.3 is 0 Å². The van der Waals surface area contributed by atoms with E-state index in [1.165, 1.54) is 0 Å². The molecule has 0 aliphatic heterocycles. The van der Waals surface area contributed by atoms with Crippen LogP contribution in [0, 0.1) is 5.41 Å². The first-order chi connectivity index (χ1) is 6.03. The second-order valence-electron chi connectivity index (χ2n) is 4.21. The van der Waals surface area contributed by atoms with E-state index >= 15 is 0 Å². The number of hydrogen-bond donors (Lipinski definition) is 1. The predicted octanol–water partition coefficient (Wildman–Crippen LogP) is 2.19. The van der Waals surface area contributed by atoms with Crippen molar-refractivity contribution in [3.63, 3.8) is 0 Å². The Labute approximate surface area is 83.1 Å². The molecular formula is C10H13ClN2. The Morgan fingerprint density at radius 2 is 2.08 bits per heavy atom. The average molecular weight is 197 g/mol. The van der Waals surface area contributed by atoms with Crippen LogP contribution in [0.4, 0.5) is 0 Å². The minimum atomic E-state index is 0.178. The summed E-state index contributed by atoms with van der Waals surface area (Å²) in [5.41, 5.74) is 7.14. The third kappa shape index (κ3) is 1.34. The summed E-state index contributed by atoms with van der Waals surface area (Å²) in [4.78, 5) is 4.27. The lowest BCUT2D eigenvalue weighted by molar-refractivity contribution is 0.595. The highest BCUT2D eigenvalue weighted by molar-refractivity contribution is 6.29. The molecule has 1 fully saturated rings. The van der Waals surface area contributed by atoms with Crippen LogP contribution >= 0.6 is 11.6 Å². The maximum absolute atomic E-state index is 5.94. The van der Waals surface area contributed by atoms with E-state index in [4.69, 9.17) is 17.3 Å². The molecule has 0 radical (unpaired) electrons. The van der Waals surface area contributed by atoms with Crippen LogP contribution in [0.3, 0.4) is 0 Å². The fourth-order valence-electron chi connectivity index (χ4n) is 1.84. The van der Waals surface area contributed by atoms with Crippen molar-refractivity contribution in [2.45, 2.75) is 25.8 Å². The normalized spacial score (nSPS) is 30.2. The monoisotopic (exact) mass is 196 g/mol. The Bertz CT molecular complexity index is 335. The van der Waals surface area contributed by atoms with E-state index < -0.39 is 0 Å². The molecule has 1 aromatic heterocycles. The van der Waals surface area contributed by atoms with Gasteiger partial charge in [-0.2, -0.15) is 0 Å². The standard InChI is InChI=1S/C10H13ClN2/c1-10(2)8(9(10)12)6-4-3-5-7(11)13-6/h3-5,8-9H,12H2,1-2H3/t8-,9-/m1/s1. The van der Waals surface area contributed by atoms with Crippen LogP contribution in [-0.2, 0) is 0 Å². The zero-order chi connectivity index (χ0) is 9.64. The van der Waals surface area contributed by atoms with E-state index in [9.17, 15) is 0 Å². The number of rotatable bonds is 1. The maximum atomic E-state index is 5.94. The highest BCUT2D eigenvalue weighted by Gasteiger charge is 2.56. The number of pyridine rings is 1. The fraction of sp³-hybridized carbons (Fsp3) is 0.500. The van der Waals surface area contributed by atoms with Crippen LogP contribution in [0.2, 0.25) is 5.15 Å². The van der Waals surface area contributed by atoms with Gasteiger partial charge in [-0.3, -0.25) is 0 Å². The Morgan fingerprint density at radius 1 is 1.46 bits per heavy atom. The van der Waals surface area contributed by atoms with Crippen molar-refractivity contribution >= 4 is 11.6 Å². The quantitative estimate of drug-likeness (QED) is 0.700. The van der Waals surface area contributed by atoms with Crippen molar-refractivity contribution in [3.8, 4) is 0 Å². The van der Waals surface area contributed by atoms with Gasteiger partial charge in [-0.25, -0.2) is 4.98 Å². The summed E-state index contributed by atoms with van der Waals surface area (Å²) in [6, 6.07) is 5.92. The van der Waals surface area contributed by atoms with Gasteiger partial charge in [0.1, 0.15) is 5.15 Å². The molecule has 70 valence electrons. The van der Waals surface area contributed by atoms with Crippen LogP contribution in [0.5, 0.6) is 0 Å². The lowest BCUT2D eigenvalue weighted by Gasteiger charge is -2.01. The van der Waals surface area contributed by atoms with Gasteiger partial charge in [-0.05, 0) is 17.5 Å². The first-order valence-electron chi connectivity index (χ1n) is 4.41. The molecule has 1 aliphatic carbocycles. The molecule has 0 spiro atoms. The van der Waals surface area contributed by atoms with Crippen molar-refractivity contribution in [2.24, 2.45) is 11.1 Å². The molecule has 3 heteroatoms.